The Hall–Kier alpha value is -0.000000000000000111. The number of Topliss-reactive ketones (excluding diaryl/α,β-unsaturated/α-hetero) is 1. The zero-order valence-electron chi connectivity index (χ0n) is 7.10. The Kier molecular flexibility index (Phi) is 4.98. The summed E-state index contributed by atoms with van der Waals surface area (Å²) in [5, 5.41) is 0.990. The third-order valence-corrected chi connectivity index (χ3v) is 2.67. The summed E-state index contributed by atoms with van der Waals surface area (Å²) < 4.78 is 5.63. The highest BCUT2D eigenvalue weighted by atomic mass is 127. The number of hydrogen-bond donors (Lipinski definition) is 0. The standard InChI is InChI=1S/C9H7Cl2IO2/c10-6-1-7(11)3-9(2-6)14-5-8(13)4-12/h1-3H,4-5H2. The highest BCUT2D eigenvalue weighted by Gasteiger charge is 2.02. The summed E-state index contributed by atoms with van der Waals surface area (Å²) in [6.45, 7) is 0.0552. The van der Waals surface area contributed by atoms with E-state index in [1.165, 1.54) is 0 Å². The fraction of sp³-hybridized carbons (Fsp3) is 0.222. The molecular weight excluding hydrogens is 338 g/mol. The molecule has 0 radical (unpaired) electrons. The molecule has 0 spiro atoms. The van der Waals surface area contributed by atoms with Gasteiger partial charge >= 0.3 is 0 Å². The molecule has 5 heteroatoms. The van der Waals surface area contributed by atoms with E-state index >= 15 is 0 Å². The number of ether oxygens (including phenoxy) is 1. The molecule has 0 fully saturated rings. The third kappa shape index (κ3) is 4.02. The van der Waals surface area contributed by atoms with Crippen molar-refractivity contribution in [2.24, 2.45) is 0 Å². The van der Waals surface area contributed by atoms with Crippen molar-refractivity contribution in [3.05, 3.63) is 28.2 Å². The van der Waals surface area contributed by atoms with E-state index in [0.717, 1.165) is 0 Å². The molecule has 0 unspecified atom stereocenters. The van der Waals surface area contributed by atoms with Crippen LogP contribution in [0, 0.1) is 0 Å². The lowest BCUT2D eigenvalue weighted by atomic mass is 10.3. The predicted octanol–water partition coefficient (Wildman–Crippen LogP) is 3.38. The number of rotatable bonds is 4. The van der Waals surface area contributed by atoms with Crippen LogP contribution < -0.4 is 4.74 Å². The average molecular weight is 345 g/mol. The van der Waals surface area contributed by atoms with Gasteiger partial charge in [0.25, 0.3) is 0 Å². The van der Waals surface area contributed by atoms with Crippen LogP contribution in [0.1, 0.15) is 0 Å². The first-order valence-electron chi connectivity index (χ1n) is 3.78. The zero-order chi connectivity index (χ0) is 10.6. The van der Waals surface area contributed by atoms with Gasteiger partial charge in [0.2, 0.25) is 0 Å². The fourth-order valence-corrected chi connectivity index (χ4v) is 1.54. The van der Waals surface area contributed by atoms with Gasteiger partial charge in [0, 0.05) is 10.0 Å². The van der Waals surface area contributed by atoms with Crippen molar-refractivity contribution in [2.75, 3.05) is 11.0 Å². The molecule has 0 aliphatic heterocycles. The van der Waals surface area contributed by atoms with Gasteiger partial charge in [-0.2, -0.15) is 0 Å². The Balaban J connectivity index is 2.63. The van der Waals surface area contributed by atoms with Crippen LogP contribution in [0.4, 0.5) is 0 Å². The molecule has 0 aliphatic rings. The molecule has 1 aromatic carbocycles. The Morgan fingerprint density at radius 1 is 1.29 bits per heavy atom. The van der Waals surface area contributed by atoms with E-state index in [1.54, 1.807) is 18.2 Å². The normalized spacial score (nSPS) is 9.93. The van der Waals surface area contributed by atoms with Crippen LogP contribution in [0.25, 0.3) is 0 Å². The SMILES string of the molecule is O=C(CI)COc1cc(Cl)cc(Cl)c1. The number of carbonyl (C=O) groups excluding carboxylic acids is 1. The second-order valence-corrected chi connectivity index (χ2v) is 4.20. The van der Waals surface area contributed by atoms with Crippen LogP contribution >= 0.6 is 45.8 Å². The maximum Gasteiger partial charge on any atom is 0.179 e. The van der Waals surface area contributed by atoms with Crippen LogP contribution in [0.2, 0.25) is 10.0 Å². The minimum atomic E-state index is 0.0293. The lowest BCUT2D eigenvalue weighted by molar-refractivity contribution is -0.118. The van der Waals surface area contributed by atoms with Gasteiger partial charge in [-0.25, -0.2) is 0 Å². The van der Waals surface area contributed by atoms with Gasteiger partial charge < -0.3 is 4.74 Å². The average Bonchev–Trinajstić information content (AvgIpc) is 2.12. The first-order chi connectivity index (χ1) is 6.61. The Labute approximate surface area is 106 Å². The first-order valence-corrected chi connectivity index (χ1v) is 6.06. The molecule has 76 valence electrons. The number of benzene rings is 1. The van der Waals surface area contributed by atoms with Gasteiger partial charge in [0.05, 0.1) is 4.43 Å². The fourth-order valence-electron chi connectivity index (χ4n) is 0.814. The van der Waals surface area contributed by atoms with E-state index in [4.69, 9.17) is 27.9 Å². The van der Waals surface area contributed by atoms with Gasteiger partial charge in [-0.3, -0.25) is 4.79 Å². The molecule has 0 aromatic heterocycles. The summed E-state index contributed by atoms with van der Waals surface area (Å²) in [6.07, 6.45) is 0. The van der Waals surface area contributed by atoms with Crippen molar-refractivity contribution >= 4 is 51.6 Å². The third-order valence-electron chi connectivity index (χ3n) is 1.38. The molecule has 1 aromatic rings. The first kappa shape index (κ1) is 12.1. The van der Waals surface area contributed by atoms with Crippen LogP contribution in [-0.2, 0) is 4.79 Å². The van der Waals surface area contributed by atoms with Crippen molar-refractivity contribution < 1.29 is 9.53 Å². The largest absolute Gasteiger partial charge is 0.486 e. The molecule has 0 saturated carbocycles. The number of carbonyl (C=O) groups is 1. The molecule has 0 aliphatic carbocycles. The van der Waals surface area contributed by atoms with Crippen molar-refractivity contribution in [3.8, 4) is 5.75 Å². The molecule has 0 heterocycles. The van der Waals surface area contributed by atoms with Gasteiger partial charge in [0.1, 0.15) is 12.4 Å². The van der Waals surface area contributed by atoms with Crippen molar-refractivity contribution in [1.29, 1.82) is 0 Å². The zero-order valence-corrected chi connectivity index (χ0v) is 10.8. The minimum Gasteiger partial charge on any atom is -0.486 e. The van der Waals surface area contributed by atoms with Crippen molar-refractivity contribution in [3.63, 3.8) is 0 Å². The quantitative estimate of drug-likeness (QED) is 0.618. The molecule has 1 rings (SSSR count). The Morgan fingerprint density at radius 2 is 1.86 bits per heavy atom. The summed E-state index contributed by atoms with van der Waals surface area (Å²) in [7, 11) is 0. The van der Waals surface area contributed by atoms with Crippen molar-refractivity contribution in [1.82, 2.24) is 0 Å². The Morgan fingerprint density at radius 3 is 2.36 bits per heavy atom. The lowest BCUT2D eigenvalue weighted by Crippen LogP contribution is -2.11. The molecular formula is C9H7Cl2IO2. The van der Waals surface area contributed by atoms with E-state index in [-0.39, 0.29) is 12.4 Å². The van der Waals surface area contributed by atoms with Crippen LogP contribution in [0.3, 0.4) is 0 Å². The molecule has 0 saturated heterocycles. The summed E-state index contributed by atoms with van der Waals surface area (Å²) in [6, 6.07) is 4.85. The molecule has 0 amide bonds. The van der Waals surface area contributed by atoms with E-state index in [0.29, 0.717) is 20.2 Å². The molecule has 0 bridgehead atoms. The topological polar surface area (TPSA) is 26.3 Å². The van der Waals surface area contributed by atoms with E-state index in [2.05, 4.69) is 0 Å². The Bertz CT molecular complexity index is 321. The number of halogens is 3. The van der Waals surface area contributed by atoms with Gasteiger partial charge in [-0.05, 0) is 18.2 Å². The van der Waals surface area contributed by atoms with Gasteiger partial charge in [-0.1, -0.05) is 45.8 Å². The molecule has 0 N–H and O–H groups in total. The number of ketones is 1. The highest BCUT2D eigenvalue weighted by molar-refractivity contribution is 14.1. The van der Waals surface area contributed by atoms with Crippen LogP contribution in [0.15, 0.2) is 18.2 Å². The lowest BCUT2D eigenvalue weighted by Gasteiger charge is -2.04. The van der Waals surface area contributed by atoms with Crippen LogP contribution in [-0.4, -0.2) is 16.8 Å². The second kappa shape index (κ2) is 5.78. The molecule has 14 heavy (non-hydrogen) atoms. The summed E-state index contributed by atoms with van der Waals surface area (Å²) in [5.74, 6) is 0.544. The highest BCUT2D eigenvalue weighted by Crippen LogP contribution is 2.23. The minimum absolute atomic E-state index is 0.0293. The smallest absolute Gasteiger partial charge is 0.179 e. The second-order valence-electron chi connectivity index (χ2n) is 2.57. The molecule has 2 nitrogen and oxygen atoms in total. The summed E-state index contributed by atoms with van der Waals surface area (Å²) in [4.78, 5) is 11.0. The van der Waals surface area contributed by atoms with E-state index in [9.17, 15) is 4.79 Å². The van der Waals surface area contributed by atoms with Gasteiger partial charge in [0.15, 0.2) is 5.78 Å². The maximum absolute atomic E-state index is 11.0. The number of hydrogen-bond acceptors (Lipinski definition) is 2. The van der Waals surface area contributed by atoms with Crippen LogP contribution in [0.5, 0.6) is 5.75 Å². The predicted molar refractivity (Wildman–Crippen MR) is 65.9 cm³/mol. The van der Waals surface area contributed by atoms with Gasteiger partial charge in [-0.15, -0.1) is 0 Å². The van der Waals surface area contributed by atoms with E-state index in [1.807, 2.05) is 22.6 Å². The number of alkyl halides is 1. The summed E-state index contributed by atoms with van der Waals surface area (Å²) >= 11 is 13.5. The molecule has 0 atom stereocenters. The van der Waals surface area contributed by atoms with E-state index < -0.39 is 0 Å². The summed E-state index contributed by atoms with van der Waals surface area (Å²) in [5.41, 5.74) is 0. The maximum atomic E-state index is 11.0. The monoisotopic (exact) mass is 344 g/mol. The van der Waals surface area contributed by atoms with Crippen molar-refractivity contribution in [2.45, 2.75) is 0 Å².